The van der Waals surface area contributed by atoms with Crippen LogP contribution in [0.2, 0.25) is 0 Å². The summed E-state index contributed by atoms with van der Waals surface area (Å²) < 4.78 is 2.19. The van der Waals surface area contributed by atoms with Gasteiger partial charge < -0.3 is 9.88 Å². The highest BCUT2D eigenvalue weighted by Gasteiger charge is 2.05. The van der Waals surface area contributed by atoms with Crippen molar-refractivity contribution in [2.75, 3.05) is 18.8 Å². The maximum Gasteiger partial charge on any atom is 0.109 e. The van der Waals surface area contributed by atoms with Crippen LogP contribution in [-0.2, 0) is 13.5 Å². The van der Waals surface area contributed by atoms with Crippen LogP contribution in [0.1, 0.15) is 12.2 Å². The molecule has 0 saturated heterocycles. The van der Waals surface area contributed by atoms with Crippen molar-refractivity contribution in [1.82, 2.24) is 14.9 Å². The molecule has 0 unspecified atom stereocenters. The normalized spacial score (nSPS) is 11.2. The number of imidazole rings is 1. The summed E-state index contributed by atoms with van der Waals surface area (Å²) in [7, 11) is 2.09. The Kier molecular flexibility index (Phi) is 4.45. The van der Waals surface area contributed by atoms with E-state index in [0.29, 0.717) is 0 Å². The van der Waals surface area contributed by atoms with E-state index in [9.17, 15) is 0 Å². The third kappa shape index (κ3) is 3.01. The lowest BCUT2D eigenvalue weighted by Crippen LogP contribution is -2.18. The van der Waals surface area contributed by atoms with Gasteiger partial charge in [-0.2, -0.15) is 12.6 Å². The van der Waals surface area contributed by atoms with Crippen molar-refractivity contribution < 1.29 is 0 Å². The lowest BCUT2D eigenvalue weighted by Gasteiger charge is -2.03. The van der Waals surface area contributed by atoms with Gasteiger partial charge in [-0.1, -0.05) is 12.1 Å². The number of thiol groups is 1. The molecule has 0 aliphatic carbocycles. The zero-order chi connectivity index (χ0) is 12.1. The first-order chi connectivity index (χ1) is 8.33. The number of fused-ring (bicyclic) bond motifs is 1. The van der Waals surface area contributed by atoms with Gasteiger partial charge in [-0.15, -0.1) is 0 Å². The van der Waals surface area contributed by atoms with Crippen molar-refractivity contribution in [2.24, 2.45) is 7.05 Å². The SMILES string of the molecule is Cn1c(CCCNCCS)nc2ccccc21. The molecule has 0 aliphatic rings. The third-order valence-electron chi connectivity index (χ3n) is 2.92. The van der Waals surface area contributed by atoms with Crippen LogP contribution in [0, 0.1) is 0 Å². The second-order valence-corrected chi connectivity index (χ2v) is 4.60. The lowest BCUT2D eigenvalue weighted by molar-refractivity contribution is 0.652. The fraction of sp³-hybridized carbons (Fsp3) is 0.462. The molecule has 0 bridgehead atoms. The molecule has 17 heavy (non-hydrogen) atoms. The minimum Gasteiger partial charge on any atom is -0.331 e. The number of para-hydroxylation sites is 2. The fourth-order valence-electron chi connectivity index (χ4n) is 1.99. The van der Waals surface area contributed by atoms with Gasteiger partial charge in [0.05, 0.1) is 11.0 Å². The van der Waals surface area contributed by atoms with E-state index in [4.69, 9.17) is 0 Å². The Morgan fingerprint density at radius 3 is 2.88 bits per heavy atom. The number of hydrogen-bond donors (Lipinski definition) is 2. The highest BCUT2D eigenvalue weighted by molar-refractivity contribution is 7.80. The van der Waals surface area contributed by atoms with E-state index in [0.717, 1.165) is 37.2 Å². The van der Waals surface area contributed by atoms with Crippen LogP contribution in [-0.4, -0.2) is 28.4 Å². The standard InChI is InChI=1S/C13H19N3S/c1-16-12-6-3-2-5-11(12)15-13(16)7-4-8-14-9-10-17/h2-3,5-6,14,17H,4,7-10H2,1H3. The molecule has 0 saturated carbocycles. The Balaban J connectivity index is 1.97. The lowest BCUT2D eigenvalue weighted by atomic mass is 10.3. The zero-order valence-electron chi connectivity index (χ0n) is 10.2. The quantitative estimate of drug-likeness (QED) is 0.606. The van der Waals surface area contributed by atoms with Crippen LogP contribution >= 0.6 is 12.6 Å². The van der Waals surface area contributed by atoms with Gasteiger partial charge in [0.1, 0.15) is 5.82 Å². The highest BCUT2D eigenvalue weighted by Crippen LogP contribution is 2.14. The minimum absolute atomic E-state index is 0.895. The molecule has 3 nitrogen and oxygen atoms in total. The van der Waals surface area contributed by atoms with Crippen LogP contribution in [0.4, 0.5) is 0 Å². The molecule has 1 N–H and O–H groups in total. The Bertz CT molecular complexity index is 478. The summed E-state index contributed by atoms with van der Waals surface area (Å²) in [4.78, 5) is 4.65. The Hall–Kier alpha value is -1.00. The molecular weight excluding hydrogens is 230 g/mol. The number of hydrogen-bond acceptors (Lipinski definition) is 3. The largest absolute Gasteiger partial charge is 0.331 e. The predicted octanol–water partition coefficient (Wildman–Crippen LogP) is 2.03. The van der Waals surface area contributed by atoms with E-state index in [1.165, 1.54) is 11.3 Å². The van der Waals surface area contributed by atoms with Gasteiger partial charge in [0.25, 0.3) is 0 Å². The van der Waals surface area contributed by atoms with Crippen LogP contribution in [0.5, 0.6) is 0 Å². The van der Waals surface area contributed by atoms with E-state index < -0.39 is 0 Å². The molecular formula is C13H19N3S. The number of nitrogens with zero attached hydrogens (tertiary/aromatic N) is 2. The topological polar surface area (TPSA) is 29.9 Å². The van der Waals surface area contributed by atoms with Crippen LogP contribution < -0.4 is 5.32 Å². The molecule has 0 spiro atoms. The second kappa shape index (κ2) is 6.07. The highest BCUT2D eigenvalue weighted by atomic mass is 32.1. The van der Waals surface area contributed by atoms with Crippen LogP contribution in [0.25, 0.3) is 11.0 Å². The second-order valence-electron chi connectivity index (χ2n) is 4.15. The number of rotatable bonds is 6. The van der Waals surface area contributed by atoms with Gasteiger partial charge in [-0.3, -0.25) is 0 Å². The maximum absolute atomic E-state index is 4.65. The number of benzene rings is 1. The Labute approximate surface area is 108 Å². The summed E-state index contributed by atoms with van der Waals surface area (Å²) >= 11 is 4.16. The predicted molar refractivity (Wildman–Crippen MR) is 75.8 cm³/mol. The first kappa shape index (κ1) is 12.5. The summed E-state index contributed by atoms with van der Waals surface area (Å²) in [5, 5.41) is 3.35. The van der Waals surface area contributed by atoms with E-state index >= 15 is 0 Å². The molecule has 1 aromatic heterocycles. The average Bonchev–Trinajstić information content (AvgIpc) is 2.67. The van der Waals surface area contributed by atoms with E-state index in [1.54, 1.807) is 0 Å². The van der Waals surface area contributed by atoms with Gasteiger partial charge in [0, 0.05) is 25.8 Å². The van der Waals surface area contributed by atoms with Crippen molar-refractivity contribution in [3.63, 3.8) is 0 Å². The van der Waals surface area contributed by atoms with Crippen molar-refractivity contribution in [3.8, 4) is 0 Å². The minimum atomic E-state index is 0.895. The van der Waals surface area contributed by atoms with Crippen LogP contribution in [0.15, 0.2) is 24.3 Å². The molecule has 0 atom stereocenters. The summed E-state index contributed by atoms with van der Waals surface area (Å²) in [5.41, 5.74) is 2.30. The molecule has 4 heteroatoms. The number of aromatic nitrogens is 2. The Morgan fingerprint density at radius 2 is 2.12 bits per heavy atom. The van der Waals surface area contributed by atoms with Gasteiger partial charge in [0.15, 0.2) is 0 Å². The van der Waals surface area contributed by atoms with E-state index in [1.807, 2.05) is 6.07 Å². The van der Waals surface area contributed by atoms with Gasteiger partial charge in [-0.05, 0) is 25.1 Å². The molecule has 1 heterocycles. The molecule has 1 aromatic carbocycles. The van der Waals surface area contributed by atoms with E-state index in [-0.39, 0.29) is 0 Å². The summed E-state index contributed by atoms with van der Waals surface area (Å²) in [5.74, 6) is 2.06. The van der Waals surface area contributed by atoms with Gasteiger partial charge in [-0.25, -0.2) is 4.98 Å². The Morgan fingerprint density at radius 1 is 1.29 bits per heavy atom. The fourth-order valence-corrected chi connectivity index (χ4v) is 2.15. The summed E-state index contributed by atoms with van der Waals surface area (Å²) in [6.45, 7) is 2.01. The molecule has 0 fully saturated rings. The molecule has 2 rings (SSSR count). The van der Waals surface area contributed by atoms with Crippen molar-refractivity contribution in [1.29, 1.82) is 0 Å². The number of nitrogens with one attached hydrogen (secondary N) is 1. The van der Waals surface area contributed by atoms with Gasteiger partial charge in [0.2, 0.25) is 0 Å². The smallest absolute Gasteiger partial charge is 0.109 e. The maximum atomic E-state index is 4.65. The van der Waals surface area contributed by atoms with Crippen molar-refractivity contribution >= 4 is 23.7 Å². The first-order valence-corrected chi connectivity index (χ1v) is 6.68. The molecule has 0 aliphatic heterocycles. The molecule has 2 aromatic rings. The number of aryl methyl sites for hydroxylation is 2. The first-order valence-electron chi connectivity index (χ1n) is 6.05. The van der Waals surface area contributed by atoms with E-state index in [2.05, 4.69) is 52.7 Å². The van der Waals surface area contributed by atoms with Crippen LogP contribution in [0.3, 0.4) is 0 Å². The summed E-state index contributed by atoms with van der Waals surface area (Å²) in [6.07, 6.45) is 2.13. The van der Waals surface area contributed by atoms with Crippen molar-refractivity contribution in [2.45, 2.75) is 12.8 Å². The molecule has 92 valence electrons. The average molecular weight is 249 g/mol. The van der Waals surface area contributed by atoms with Gasteiger partial charge >= 0.3 is 0 Å². The monoisotopic (exact) mass is 249 g/mol. The summed E-state index contributed by atoms with van der Waals surface area (Å²) in [6, 6.07) is 8.28. The third-order valence-corrected chi connectivity index (χ3v) is 3.15. The zero-order valence-corrected chi connectivity index (χ0v) is 11.1. The van der Waals surface area contributed by atoms with Crippen molar-refractivity contribution in [3.05, 3.63) is 30.1 Å². The molecule has 0 radical (unpaired) electrons. The molecule has 0 amide bonds.